The zero-order valence-corrected chi connectivity index (χ0v) is 15.5. The molecule has 0 aromatic heterocycles. The number of hydrogen-bond donors (Lipinski definition) is 1. The fraction of sp³-hybridized carbons (Fsp3) is 0.889. The van der Waals surface area contributed by atoms with Crippen molar-refractivity contribution in [1.82, 2.24) is 14.7 Å². The Morgan fingerprint density at radius 1 is 0.750 bits per heavy atom. The smallest absolute Gasteiger partial charge is 0.239 e. The third kappa shape index (κ3) is 4.70. The molecule has 0 aliphatic carbocycles. The number of carbonyl (C=O) groups excluding carboxylic acids is 2. The maximum Gasteiger partial charge on any atom is 0.239 e. The topological polar surface area (TPSA) is 69.9 Å². The predicted molar refractivity (Wildman–Crippen MR) is 95.5 cm³/mol. The summed E-state index contributed by atoms with van der Waals surface area (Å²) in [5.74, 6) is 0.436. The first-order valence-corrected chi connectivity index (χ1v) is 9.49. The van der Waals surface area contributed by atoms with Crippen molar-refractivity contribution in [2.45, 2.75) is 58.5 Å². The van der Waals surface area contributed by atoms with Gasteiger partial charge in [0.1, 0.15) is 0 Å². The summed E-state index contributed by atoms with van der Waals surface area (Å²) in [5.41, 5.74) is 5.98. The van der Waals surface area contributed by atoms with Crippen LogP contribution in [0.3, 0.4) is 0 Å². The Kier molecular flexibility index (Phi) is 7.04. The zero-order valence-electron chi connectivity index (χ0n) is 15.5. The van der Waals surface area contributed by atoms with E-state index in [4.69, 9.17) is 5.73 Å². The lowest BCUT2D eigenvalue weighted by molar-refractivity contribution is -0.139. The molecule has 6 nitrogen and oxygen atoms in total. The Morgan fingerprint density at radius 2 is 1.25 bits per heavy atom. The first-order valence-electron chi connectivity index (χ1n) is 9.49. The summed E-state index contributed by atoms with van der Waals surface area (Å²) in [7, 11) is 0. The Morgan fingerprint density at radius 3 is 1.75 bits per heavy atom. The molecule has 2 heterocycles. The lowest BCUT2D eigenvalue weighted by atomic mass is 10.0. The van der Waals surface area contributed by atoms with Crippen molar-refractivity contribution in [2.75, 3.05) is 39.3 Å². The molecular weight excluding hydrogens is 304 g/mol. The highest BCUT2D eigenvalue weighted by molar-refractivity contribution is 5.82. The summed E-state index contributed by atoms with van der Waals surface area (Å²) >= 11 is 0. The van der Waals surface area contributed by atoms with Gasteiger partial charge < -0.3 is 15.5 Å². The van der Waals surface area contributed by atoms with Gasteiger partial charge in [-0.15, -0.1) is 0 Å². The molecule has 0 spiro atoms. The Hall–Kier alpha value is -1.14. The predicted octanol–water partition coefficient (Wildman–Crippen LogP) is 0.905. The van der Waals surface area contributed by atoms with E-state index < -0.39 is 6.04 Å². The van der Waals surface area contributed by atoms with E-state index in [1.54, 1.807) is 0 Å². The van der Waals surface area contributed by atoms with Crippen LogP contribution in [-0.4, -0.2) is 77.9 Å². The van der Waals surface area contributed by atoms with Gasteiger partial charge in [-0.1, -0.05) is 26.7 Å². The van der Waals surface area contributed by atoms with Crippen LogP contribution in [0.15, 0.2) is 0 Å². The molecule has 2 aliphatic heterocycles. The molecule has 2 amide bonds. The first kappa shape index (κ1) is 19.2. The third-order valence-corrected chi connectivity index (χ3v) is 5.45. The summed E-state index contributed by atoms with van der Waals surface area (Å²) in [6, 6.07) is -0.521. The Balaban J connectivity index is 1.84. The summed E-state index contributed by atoms with van der Waals surface area (Å²) in [4.78, 5) is 31.2. The van der Waals surface area contributed by atoms with E-state index in [2.05, 4.69) is 4.90 Å². The molecule has 6 heteroatoms. The number of hydrogen-bond acceptors (Lipinski definition) is 4. The van der Waals surface area contributed by atoms with Gasteiger partial charge in [0.15, 0.2) is 0 Å². The van der Waals surface area contributed by atoms with E-state index in [1.807, 2.05) is 30.6 Å². The fourth-order valence-corrected chi connectivity index (χ4v) is 3.54. The van der Waals surface area contributed by atoms with Crippen molar-refractivity contribution in [1.29, 1.82) is 0 Å². The quantitative estimate of drug-likeness (QED) is 0.827. The summed E-state index contributed by atoms with van der Waals surface area (Å²) < 4.78 is 0. The van der Waals surface area contributed by atoms with E-state index in [9.17, 15) is 9.59 Å². The second-order valence-electron chi connectivity index (χ2n) is 7.55. The average molecular weight is 338 g/mol. The number of carbonyl (C=O) groups is 2. The van der Waals surface area contributed by atoms with Gasteiger partial charge in [-0.05, 0) is 25.7 Å². The van der Waals surface area contributed by atoms with Crippen LogP contribution in [0.4, 0.5) is 0 Å². The molecule has 2 rings (SSSR count). The number of amides is 2. The average Bonchev–Trinajstić information content (AvgIpc) is 2.88. The molecule has 2 fully saturated rings. The van der Waals surface area contributed by atoms with Crippen molar-refractivity contribution in [3.63, 3.8) is 0 Å². The molecular formula is C18H34N4O2. The normalized spacial score (nSPS) is 23.0. The fourth-order valence-electron chi connectivity index (χ4n) is 3.54. The number of nitrogens with two attached hydrogens (primary N) is 1. The molecule has 0 saturated carbocycles. The Bertz CT molecular complexity index is 425. The molecule has 24 heavy (non-hydrogen) atoms. The van der Waals surface area contributed by atoms with Gasteiger partial charge in [0.05, 0.1) is 12.1 Å². The highest BCUT2D eigenvalue weighted by Gasteiger charge is 2.31. The van der Waals surface area contributed by atoms with Crippen LogP contribution in [0.2, 0.25) is 0 Å². The Labute approximate surface area is 146 Å². The summed E-state index contributed by atoms with van der Waals surface area (Å²) in [6.45, 7) is 10.6. The second-order valence-corrected chi connectivity index (χ2v) is 7.55. The van der Waals surface area contributed by atoms with Crippen molar-refractivity contribution in [3.8, 4) is 0 Å². The number of nitrogens with zero attached hydrogens (tertiary/aromatic N) is 3. The molecule has 2 atom stereocenters. The first-order chi connectivity index (χ1) is 11.4. The molecule has 0 aromatic carbocycles. The van der Waals surface area contributed by atoms with E-state index in [0.29, 0.717) is 13.1 Å². The van der Waals surface area contributed by atoms with Crippen LogP contribution in [-0.2, 0) is 9.59 Å². The monoisotopic (exact) mass is 338 g/mol. The molecule has 2 N–H and O–H groups in total. The molecule has 0 radical (unpaired) electrons. The maximum atomic E-state index is 12.7. The number of rotatable bonds is 4. The van der Waals surface area contributed by atoms with E-state index in [-0.39, 0.29) is 23.8 Å². The summed E-state index contributed by atoms with van der Waals surface area (Å²) in [5, 5.41) is 0. The van der Waals surface area contributed by atoms with Crippen molar-refractivity contribution in [3.05, 3.63) is 0 Å². The van der Waals surface area contributed by atoms with Crippen LogP contribution in [0.25, 0.3) is 0 Å². The van der Waals surface area contributed by atoms with Gasteiger partial charge in [0, 0.05) is 39.3 Å². The van der Waals surface area contributed by atoms with Gasteiger partial charge in [0.25, 0.3) is 0 Å². The van der Waals surface area contributed by atoms with Crippen LogP contribution in [0.5, 0.6) is 0 Å². The van der Waals surface area contributed by atoms with Crippen molar-refractivity contribution >= 4 is 11.8 Å². The zero-order chi connectivity index (χ0) is 17.7. The summed E-state index contributed by atoms with van der Waals surface area (Å²) in [6.07, 6.45) is 4.70. The lowest BCUT2D eigenvalue weighted by Gasteiger charge is -2.39. The van der Waals surface area contributed by atoms with Gasteiger partial charge in [-0.3, -0.25) is 14.5 Å². The van der Waals surface area contributed by atoms with E-state index in [1.165, 1.54) is 12.8 Å². The van der Waals surface area contributed by atoms with Crippen LogP contribution < -0.4 is 5.73 Å². The van der Waals surface area contributed by atoms with E-state index >= 15 is 0 Å². The van der Waals surface area contributed by atoms with Crippen molar-refractivity contribution in [2.24, 2.45) is 11.7 Å². The SMILES string of the molecule is CC(C)[C@H](N)C(=O)N1CCN([C@H](C)C(=O)N2CCCCCC2)CC1. The molecule has 138 valence electrons. The van der Waals surface area contributed by atoms with Gasteiger partial charge in [-0.2, -0.15) is 0 Å². The van der Waals surface area contributed by atoms with Gasteiger partial charge in [-0.25, -0.2) is 0 Å². The van der Waals surface area contributed by atoms with Crippen molar-refractivity contribution < 1.29 is 9.59 Å². The van der Waals surface area contributed by atoms with Crippen LogP contribution >= 0.6 is 0 Å². The van der Waals surface area contributed by atoms with Crippen LogP contribution in [0, 0.1) is 5.92 Å². The highest BCUT2D eigenvalue weighted by Crippen LogP contribution is 2.15. The van der Waals surface area contributed by atoms with E-state index in [0.717, 1.165) is 39.0 Å². The maximum absolute atomic E-state index is 12.7. The molecule has 0 unspecified atom stereocenters. The largest absolute Gasteiger partial charge is 0.341 e. The van der Waals surface area contributed by atoms with Crippen LogP contribution in [0.1, 0.15) is 46.5 Å². The lowest BCUT2D eigenvalue weighted by Crippen LogP contribution is -2.58. The second kappa shape index (κ2) is 8.81. The standard InChI is InChI=1S/C18H34N4O2/c1-14(2)16(19)18(24)22-12-10-20(11-13-22)15(3)17(23)21-8-6-4-5-7-9-21/h14-16H,4-13,19H2,1-3H3/t15-,16+/m1/s1. The molecule has 2 saturated heterocycles. The molecule has 0 aromatic rings. The minimum atomic E-state index is -0.423. The minimum absolute atomic E-state index is 0.0381. The molecule has 2 aliphatic rings. The number of likely N-dealkylation sites (tertiary alicyclic amines) is 1. The van der Waals surface area contributed by atoms with Gasteiger partial charge in [0.2, 0.25) is 11.8 Å². The highest BCUT2D eigenvalue weighted by atomic mass is 16.2. The minimum Gasteiger partial charge on any atom is -0.341 e. The molecule has 0 bridgehead atoms. The number of piperazine rings is 1. The van der Waals surface area contributed by atoms with Gasteiger partial charge >= 0.3 is 0 Å². The third-order valence-electron chi connectivity index (χ3n) is 5.45.